The van der Waals surface area contributed by atoms with Crippen molar-refractivity contribution in [1.29, 1.82) is 0 Å². The van der Waals surface area contributed by atoms with Gasteiger partial charge in [0.2, 0.25) is 0 Å². The predicted octanol–water partition coefficient (Wildman–Crippen LogP) is 2.05. The van der Waals surface area contributed by atoms with Crippen LogP contribution in [0.1, 0.15) is 31.4 Å². The highest BCUT2D eigenvalue weighted by Crippen LogP contribution is 2.33. The Bertz CT molecular complexity index is 545. The molecule has 1 aromatic carbocycles. The number of sulfone groups is 1. The Kier molecular flexibility index (Phi) is 4.02. The molecule has 1 aliphatic rings. The summed E-state index contributed by atoms with van der Waals surface area (Å²) in [5.41, 5.74) is 2.51. The van der Waals surface area contributed by atoms with Crippen molar-refractivity contribution in [2.75, 3.05) is 18.8 Å². The van der Waals surface area contributed by atoms with Crippen LogP contribution in [-0.2, 0) is 15.3 Å². The summed E-state index contributed by atoms with van der Waals surface area (Å²) in [7, 11) is -2.95. The number of benzene rings is 1. The lowest BCUT2D eigenvalue weighted by molar-refractivity contribution is 0.268. The van der Waals surface area contributed by atoms with Crippen molar-refractivity contribution in [3.8, 4) is 0 Å². The first-order valence-corrected chi connectivity index (χ1v) is 8.57. The second-order valence-corrected chi connectivity index (χ2v) is 8.60. The van der Waals surface area contributed by atoms with Crippen LogP contribution >= 0.6 is 0 Å². The highest BCUT2D eigenvalue weighted by molar-refractivity contribution is 7.91. The lowest BCUT2D eigenvalue weighted by Gasteiger charge is -2.43. The molecule has 1 aromatic rings. The van der Waals surface area contributed by atoms with Gasteiger partial charge in [-0.3, -0.25) is 0 Å². The van der Waals surface area contributed by atoms with Gasteiger partial charge >= 0.3 is 0 Å². The van der Waals surface area contributed by atoms with Crippen LogP contribution in [0.2, 0.25) is 0 Å². The molecule has 4 heteroatoms. The molecule has 0 bridgehead atoms. The molecule has 1 saturated heterocycles. The quantitative estimate of drug-likeness (QED) is 0.898. The number of hydrogen-bond acceptors (Lipinski definition) is 3. The first kappa shape index (κ1) is 14.5. The molecule has 2 rings (SSSR count). The van der Waals surface area contributed by atoms with E-state index in [4.69, 9.17) is 0 Å². The Hall–Kier alpha value is -0.870. The van der Waals surface area contributed by atoms with E-state index in [1.165, 1.54) is 11.1 Å². The summed E-state index contributed by atoms with van der Waals surface area (Å²) in [4.78, 5) is 0. The first-order chi connectivity index (χ1) is 8.86. The van der Waals surface area contributed by atoms with Gasteiger partial charge in [-0.05, 0) is 32.8 Å². The van der Waals surface area contributed by atoms with Crippen LogP contribution in [0.4, 0.5) is 0 Å². The van der Waals surface area contributed by atoms with E-state index < -0.39 is 9.84 Å². The maximum atomic E-state index is 12.0. The minimum absolute atomic E-state index is 0.00792. The lowest BCUT2D eigenvalue weighted by atomic mass is 9.73. The van der Waals surface area contributed by atoms with Crippen LogP contribution in [0.3, 0.4) is 0 Å². The fourth-order valence-electron chi connectivity index (χ4n) is 2.50. The van der Waals surface area contributed by atoms with Crippen LogP contribution in [0, 0.1) is 6.92 Å². The van der Waals surface area contributed by atoms with Crippen LogP contribution in [0.15, 0.2) is 24.3 Å². The third kappa shape index (κ3) is 3.00. The summed E-state index contributed by atoms with van der Waals surface area (Å²) in [5.74, 6) is 0.278. The highest BCUT2D eigenvalue weighted by atomic mass is 32.2. The molecule has 1 N–H and O–H groups in total. The lowest BCUT2D eigenvalue weighted by Crippen LogP contribution is -2.57. The van der Waals surface area contributed by atoms with Crippen molar-refractivity contribution in [3.63, 3.8) is 0 Å². The molecule has 106 valence electrons. The second kappa shape index (κ2) is 5.25. The van der Waals surface area contributed by atoms with Crippen LogP contribution in [0.5, 0.6) is 0 Å². The number of aryl methyl sites for hydroxylation is 1. The number of hydrogen-bond donors (Lipinski definition) is 1. The third-order valence-electron chi connectivity index (χ3n) is 4.14. The second-order valence-electron chi connectivity index (χ2n) is 5.92. The van der Waals surface area contributed by atoms with Gasteiger partial charge in [0.25, 0.3) is 0 Å². The van der Waals surface area contributed by atoms with E-state index >= 15 is 0 Å². The van der Waals surface area contributed by atoms with Crippen LogP contribution in [0.25, 0.3) is 0 Å². The van der Waals surface area contributed by atoms with Crippen LogP contribution in [-0.4, -0.2) is 32.5 Å². The summed E-state index contributed by atoms with van der Waals surface area (Å²) in [6.07, 6.45) is 0.712. The SMILES string of the molecule is Cc1cccc(C2(CCS(=O)(=O)C(C)C)CNC2)c1. The number of rotatable bonds is 5. The maximum Gasteiger partial charge on any atom is 0.152 e. The maximum absolute atomic E-state index is 12.0. The van der Waals surface area contributed by atoms with E-state index in [0.29, 0.717) is 6.42 Å². The van der Waals surface area contributed by atoms with Crippen molar-refractivity contribution in [1.82, 2.24) is 5.32 Å². The molecule has 1 fully saturated rings. The molecule has 19 heavy (non-hydrogen) atoms. The van der Waals surface area contributed by atoms with Gasteiger partial charge < -0.3 is 5.32 Å². The third-order valence-corrected chi connectivity index (χ3v) is 6.35. The average Bonchev–Trinajstić information content (AvgIpc) is 2.27. The Balaban J connectivity index is 2.16. The Morgan fingerprint density at radius 3 is 2.47 bits per heavy atom. The average molecular weight is 281 g/mol. The topological polar surface area (TPSA) is 46.2 Å². The highest BCUT2D eigenvalue weighted by Gasteiger charge is 2.39. The van der Waals surface area contributed by atoms with Crippen molar-refractivity contribution in [3.05, 3.63) is 35.4 Å². The van der Waals surface area contributed by atoms with Gasteiger partial charge in [0.1, 0.15) is 0 Å². The molecule has 0 aliphatic carbocycles. The Labute approximate surface area is 116 Å². The summed E-state index contributed by atoms with van der Waals surface area (Å²) in [6, 6.07) is 8.44. The van der Waals surface area contributed by atoms with E-state index in [9.17, 15) is 8.42 Å². The zero-order valence-corrected chi connectivity index (χ0v) is 12.8. The predicted molar refractivity (Wildman–Crippen MR) is 79.3 cm³/mol. The molecule has 1 aliphatic heterocycles. The molecule has 0 radical (unpaired) electrons. The first-order valence-electron chi connectivity index (χ1n) is 6.85. The summed E-state index contributed by atoms with van der Waals surface area (Å²) in [5, 5.41) is 3.01. The molecule has 0 spiro atoms. The van der Waals surface area contributed by atoms with E-state index in [1.807, 2.05) is 0 Å². The molecule has 0 saturated carbocycles. The largest absolute Gasteiger partial charge is 0.315 e. The molecule has 1 heterocycles. The van der Waals surface area contributed by atoms with Gasteiger partial charge in [-0.25, -0.2) is 8.42 Å². The van der Waals surface area contributed by atoms with Crippen molar-refractivity contribution in [2.45, 2.75) is 37.9 Å². The minimum Gasteiger partial charge on any atom is -0.315 e. The Morgan fingerprint density at radius 1 is 1.32 bits per heavy atom. The van der Waals surface area contributed by atoms with Gasteiger partial charge in [-0.1, -0.05) is 29.8 Å². The molecular weight excluding hydrogens is 258 g/mol. The van der Waals surface area contributed by atoms with Crippen molar-refractivity contribution >= 4 is 9.84 Å². The normalized spacial score (nSPS) is 18.3. The van der Waals surface area contributed by atoms with Gasteiger partial charge in [0.05, 0.1) is 11.0 Å². The molecule has 3 nitrogen and oxygen atoms in total. The minimum atomic E-state index is -2.95. The fourth-order valence-corrected chi connectivity index (χ4v) is 3.65. The molecule has 0 aromatic heterocycles. The number of nitrogens with one attached hydrogen (secondary N) is 1. The van der Waals surface area contributed by atoms with Crippen molar-refractivity contribution < 1.29 is 8.42 Å². The van der Waals surface area contributed by atoms with E-state index in [1.54, 1.807) is 13.8 Å². The summed E-state index contributed by atoms with van der Waals surface area (Å²) >= 11 is 0. The molecular formula is C15H23NO2S. The fraction of sp³-hybridized carbons (Fsp3) is 0.600. The smallest absolute Gasteiger partial charge is 0.152 e. The van der Waals surface area contributed by atoms with E-state index in [2.05, 4.69) is 36.5 Å². The zero-order chi connectivity index (χ0) is 14.1. The molecule has 0 atom stereocenters. The van der Waals surface area contributed by atoms with Gasteiger partial charge in [-0.2, -0.15) is 0 Å². The van der Waals surface area contributed by atoms with Crippen molar-refractivity contribution in [2.24, 2.45) is 0 Å². The molecule has 0 amide bonds. The van der Waals surface area contributed by atoms with Gasteiger partial charge in [0, 0.05) is 18.5 Å². The Morgan fingerprint density at radius 2 is 2.00 bits per heavy atom. The van der Waals surface area contributed by atoms with Crippen LogP contribution < -0.4 is 5.32 Å². The monoisotopic (exact) mass is 281 g/mol. The summed E-state index contributed by atoms with van der Waals surface area (Å²) in [6.45, 7) is 7.35. The van der Waals surface area contributed by atoms with Gasteiger partial charge in [-0.15, -0.1) is 0 Å². The van der Waals surface area contributed by atoms with Gasteiger partial charge in [0.15, 0.2) is 9.84 Å². The van der Waals surface area contributed by atoms with E-state index in [-0.39, 0.29) is 16.4 Å². The summed E-state index contributed by atoms with van der Waals surface area (Å²) < 4.78 is 24.0. The standard InChI is InChI=1S/C15H23NO2S/c1-12(2)19(17,18)8-7-15(10-16-11-15)14-6-4-5-13(3)9-14/h4-6,9,12,16H,7-8,10-11H2,1-3H3. The molecule has 0 unspecified atom stereocenters. The zero-order valence-electron chi connectivity index (χ0n) is 11.9. The van der Waals surface area contributed by atoms with E-state index in [0.717, 1.165) is 13.1 Å².